The van der Waals surface area contributed by atoms with E-state index in [0.29, 0.717) is 5.82 Å². The Morgan fingerprint density at radius 3 is 2.48 bits per heavy atom. The molecule has 1 atom stereocenters. The van der Waals surface area contributed by atoms with E-state index in [-0.39, 0.29) is 0 Å². The molecule has 2 aromatic heterocycles. The van der Waals surface area contributed by atoms with E-state index in [2.05, 4.69) is 28.2 Å². The second kappa shape index (κ2) is 7.51. The van der Waals surface area contributed by atoms with Crippen LogP contribution in [-0.2, 0) is 17.6 Å². The molecule has 0 aliphatic rings. The standard InChI is InChI=1S/C24H23N3O2/c1-14-3-10-19-20-12-17(13-26-22(20)23(25)27-21(19)11-14)5-4-16-6-8-18(9-7-16)15(2)24(28)29/h3,6-13,15H,4-5H2,1-2H3,(H2,25,27)(H,28,29). The third-order valence-corrected chi connectivity index (χ3v) is 5.42. The summed E-state index contributed by atoms with van der Waals surface area (Å²) in [5.74, 6) is -0.853. The van der Waals surface area contributed by atoms with Crippen LogP contribution in [0.4, 0.5) is 5.82 Å². The van der Waals surface area contributed by atoms with Crippen molar-refractivity contribution in [2.24, 2.45) is 0 Å². The molecule has 2 aromatic carbocycles. The molecule has 5 nitrogen and oxygen atoms in total. The largest absolute Gasteiger partial charge is 0.481 e. The zero-order valence-corrected chi connectivity index (χ0v) is 16.5. The Labute approximate surface area is 169 Å². The van der Waals surface area contributed by atoms with Crippen LogP contribution in [0.5, 0.6) is 0 Å². The van der Waals surface area contributed by atoms with Crippen LogP contribution in [0.3, 0.4) is 0 Å². The number of carboxylic acids is 1. The number of anilines is 1. The van der Waals surface area contributed by atoms with Crippen LogP contribution in [0, 0.1) is 6.92 Å². The van der Waals surface area contributed by atoms with Crippen LogP contribution >= 0.6 is 0 Å². The first-order valence-corrected chi connectivity index (χ1v) is 9.68. The van der Waals surface area contributed by atoms with Crippen LogP contribution in [0.2, 0.25) is 0 Å². The smallest absolute Gasteiger partial charge is 0.310 e. The third kappa shape index (κ3) is 3.76. The van der Waals surface area contributed by atoms with Gasteiger partial charge in [-0.05, 0) is 61.1 Å². The molecule has 146 valence electrons. The summed E-state index contributed by atoms with van der Waals surface area (Å²) in [5.41, 5.74) is 12.0. The number of hydrogen-bond acceptors (Lipinski definition) is 4. The van der Waals surface area contributed by atoms with Crippen molar-refractivity contribution in [2.75, 3.05) is 5.73 Å². The van der Waals surface area contributed by atoms with E-state index < -0.39 is 11.9 Å². The predicted octanol–water partition coefficient (Wildman–Crippen LogP) is 4.65. The molecule has 0 amide bonds. The number of rotatable bonds is 5. The Morgan fingerprint density at radius 1 is 1.03 bits per heavy atom. The number of nitrogens with two attached hydrogens (primary N) is 1. The third-order valence-electron chi connectivity index (χ3n) is 5.42. The number of carbonyl (C=O) groups is 1. The lowest BCUT2D eigenvalue weighted by atomic mass is 9.97. The molecule has 29 heavy (non-hydrogen) atoms. The van der Waals surface area contributed by atoms with Gasteiger partial charge in [-0.2, -0.15) is 0 Å². The van der Waals surface area contributed by atoms with Crippen molar-refractivity contribution in [1.82, 2.24) is 9.97 Å². The van der Waals surface area contributed by atoms with E-state index >= 15 is 0 Å². The van der Waals surface area contributed by atoms with Gasteiger partial charge in [0.1, 0.15) is 5.52 Å². The lowest BCUT2D eigenvalue weighted by Gasteiger charge is -2.10. The Morgan fingerprint density at radius 2 is 1.76 bits per heavy atom. The maximum atomic E-state index is 11.1. The molecular formula is C24H23N3O2. The zero-order valence-electron chi connectivity index (χ0n) is 16.5. The number of hydrogen-bond donors (Lipinski definition) is 2. The van der Waals surface area contributed by atoms with Crippen molar-refractivity contribution < 1.29 is 9.90 Å². The molecule has 0 saturated carbocycles. The molecule has 5 heteroatoms. The van der Waals surface area contributed by atoms with Crippen molar-refractivity contribution in [3.05, 3.63) is 77.0 Å². The number of fused-ring (bicyclic) bond motifs is 3. The molecule has 0 saturated heterocycles. The summed E-state index contributed by atoms with van der Waals surface area (Å²) in [7, 11) is 0. The van der Waals surface area contributed by atoms with Crippen LogP contribution in [0.1, 0.15) is 35.1 Å². The van der Waals surface area contributed by atoms with Gasteiger partial charge in [0, 0.05) is 17.0 Å². The molecule has 0 spiro atoms. The van der Waals surface area contributed by atoms with Crippen molar-refractivity contribution in [1.29, 1.82) is 0 Å². The molecule has 0 radical (unpaired) electrons. The first-order valence-electron chi connectivity index (χ1n) is 9.68. The lowest BCUT2D eigenvalue weighted by Crippen LogP contribution is -2.07. The fraction of sp³-hybridized carbons (Fsp3) is 0.208. The molecule has 0 bridgehead atoms. The summed E-state index contributed by atoms with van der Waals surface area (Å²) in [5, 5.41) is 11.2. The van der Waals surface area contributed by atoms with Gasteiger partial charge >= 0.3 is 5.97 Å². The summed E-state index contributed by atoms with van der Waals surface area (Å²) >= 11 is 0. The quantitative estimate of drug-likeness (QED) is 0.488. The topological polar surface area (TPSA) is 89.1 Å². The van der Waals surface area contributed by atoms with Gasteiger partial charge in [0.15, 0.2) is 5.82 Å². The first-order chi connectivity index (χ1) is 13.9. The SMILES string of the molecule is Cc1ccc2c(c1)nc(N)c1ncc(CCc3ccc(C(C)C(=O)O)cc3)cc12. The van der Waals surface area contributed by atoms with Gasteiger partial charge in [0.2, 0.25) is 0 Å². The number of nitrogens with zero attached hydrogens (tertiary/aromatic N) is 2. The van der Waals surface area contributed by atoms with Crippen LogP contribution in [-0.4, -0.2) is 21.0 Å². The highest BCUT2D eigenvalue weighted by Gasteiger charge is 2.13. The number of benzene rings is 2. The van der Waals surface area contributed by atoms with Gasteiger partial charge in [-0.1, -0.05) is 36.4 Å². The fourth-order valence-corrected chi connectivity index (χ4v) is 3.60. The van der Waals surface area contributed by atoms with Crippen molar-refractivity contribution in [3.8, 4) is 0 Å². The number of aliphatic carboxylic acids is 1. The van der Waals surface area contributed by atoms with Gasteiger partial charge in [0.25, 0.3) is 0 Å². The van der Waals surface area contributed by atoms with Gasteiger partial charge in [-0.25, -0.2) is 4.98 Å². The average molecular weight is 385 g/mol. The van der Waals surface area contributed by atoms with Crippen molar-refractivity contribution in [3.63, 3.8) is 0 Å². The second-order valence-electron chi connectivity index (χ2n) is 7.56. The maximum absolute atomic E-state index is 11.1. The van der Waals surface area contributed by atoms with Crippen LogP contribution in [0.15, 0.2) is 54.7 Å². The number of nitrogen functional groups attached to an aromatic ring is 1. The maximum Gasteiger partial charge on any atom is 0.310 e. The van der Waals surface area contributed by atoms with Crippen LogP contribution < -0.4 is 5.73 Å². The van der Waals surface area contributed by atoms with Crippen LogP contribution in [0.25, 0.3) is 21.8 Å². The molecule has 0 aliphatic heterocycles. The number of aryl methyl sites for hydroxylation is 3. The molecule has 0 aliphatic carbocycles. The summed E-state index contributed by atoms with van der Waals surface area (Å²) in [6.07, 6.45) is 3.56. The lowest BCUT2D eigenvalue weighted by molar-refractivity contribution is -0.138. The van der Waals surface area contributed by atoms with Gasteiger partial charge in [0.05, 0.1) is 11.4 Å². The van der Waals surface area contributed by atoms with Gasteiger partial charge in [-0.15, -0.1) is 0 Å². The monoisotopic (exact) mass is 385 g/mol. The normalized spacial score (nSPS) is 12.3. The molecule has 4 rings (SSSR count). The highest BCUT2D eigenvalue weighted by atomic mass is 16.4. The van der Waals surface area contributed by atoms with Gasteiger partial charge < -0.3 is 10.8 Å². The first kappa shape index (κ1) is 18.9. The Hall–Kier alpha value is -3.47. The van der Waals surface area contributed by atoms with Gasteiger partial charge in [-0.3, -0.25) is 9.78 Å². The van der Waals surface area contributed by atoms with E-state index in [9.17, 15) is 4.79 Å². The number of carboxylic acid groups (broad SMARTS) is 1. The van der Waals surface area contributed by atoms with Crippen molar-refractivity contribution in [2.45, 2.75) is 32.6 Å². The summed E-state index contributed by atoms with van der Waals surface area (Å²) in [4.78, 5) is 20.2. The summed E-state index contributed by atoms with van der Waals surface area (Å²) in [6.45, 7) is 3.74. The highest BCUT2D eigenvalue weighted by Crippen LogP contribution is 2.28. The average Bonchev–Trinajstić information content (AvgIpc) is 2.71. The van der Waals surface area contributed by atoms with E-state index in [1.807, 2.05) is 43.5 Å². The Bertz CT molecular complexity index is 1220. The minimum absolute atomic E-state index is 0.452. The van der Waals surface area contributed by atoms with E-state index in [0.717, 1.165) is 51.3 Å². The molecule has 3 N–H and O–H groups in total. The molecule has 0 fully saturated rings. The Balaban J connectivity index is 1.60. The fourth-order valence-electron chi connectivity index (χ4n) is 3.60. The summed E-state index contributed by atoms with van der Waals surface area (Å²) < 4.78 is 0. The summed E-state index contributed by atoms with van der Waals surface area (Å²) in [6, 6.07) is 16.1. The molecule has 2 heterocycles. The van der Waals surface area contributed by atoms with Crippen molar-refractivity contribution >= 4 is 33.6 Å². The van der Waals surface area contributed by atoms with E-state index in [1.54, 1.807) is 6.92 Å². The predicted molar refractivity (Wildman–Crippen MR) is 116 cm³/mol. The zero-order chi connectivity index (χ0) is 20.5. The van der Waals surface area contributed by atoms with E-state index in [4.69, 9.17) is 10.8 Å². The molecular weight excluding hydrogens is 362 g/mol. The minimum Gasteiger partial charge on any atom is -0.481 e. The molecule has 4 aromatic rings. The molecule has 1 unspecified atom stereocenters. The number of pyridine rings is 2. The minimum atomic E-state index is -0.809. The number of aromatic nitrogens is 2. The Kier molecular flexibility index (Phi) is 4.89. The van der Waals surface area contributed by atoms with E-state index in [1.165, 1.54) is 5.56 Å². The second-order valence-corrected chi connectivity index (χ2v) is 7.56. The highest BCUT2D eigenvalue weighted by molar-refractivity contribution is 6.08.